The van der Waals surface area contributed by atoms with E-state index in [0.717, 1.165) is 6.42 Å². The average Bonchev–Trinajstić information content (AvgIpc) is 2.39. The van der Waals surface area contributed by atoms with E-state index in [1.807, 2.05) is 0 Å². The van der Waals surface area contributed by atoms with E-state index in [2.05, 4.69) is 26.0 Å². The van der Waals surface area contributed by atoms with Gasteiger partial charge in [-0.3, -0.25) is 0 Å². The number of hydrogen-bond donors (Lipinski definition) is 1. The highest BCUT2D eigenvalue weighted by atomic mass is 14.6. The first-order valence-electron chi connectivity index (χ1n) is 8.68. The second-order valence-electron chi connectivity index (χ2n) is 6.01. The molecule has 0 spiro atoms. The van der Waals surface area contributed by atoms with Crippen molar-refractivity contribution in [2.24, 2.45) is 5.73 Å². The Kier molecular flexibility index (Phi) is 15.5. The lowest BCUT2D eigenvalue weighted by molar-refractivity contribution is 0.550. The zero-order chi connectivity index (χ0) is 14.2. The lowest BCUT2D eigenvalue weighted by Crippen LogP contribution is -2.12. The SMILES string of the molecule is CCCCCCCCCCCCC/C=C/CC(C)N. The van der Waals surface area contributed by atoms with Crippen molar-refractivity contribution in [2.45, 2.75) is 103 Å². The molecule has 0 aromatic carbocycles. The summed E-state index contributed by atoms with van der Waals surface area (Å²) in [5.41, 5.74) is 5.69. The van der Waals surface area contributed by atoms with Crippen LogP contribution in [0.3, 0.4) is 0 Å². The first kappa shape index (κ1) is 18.7. The summed E-state index contributed by atoms with van der Waals surface area (Å²) in [6.45, 7) is 4.35. The van der Waals surface area contributed by atoms with Gasteiger partial charge in [0, 0.05) is 6.04 Å². The molecule has 0 rings (SSSR count). The maximum atomic E-state index is 5.69. The molecule has 0 aliphatic rings. The lowest BCUT2D eigenvalue weighted by atomic mass is 10.1. The van der Waals surface area contributed by atoms with Crippen molar-refractivity contribution in [2.75, 3.05) is 0 Å². The van der Waals surface area contributed by atoms with Gasteiger partial charge in [-0.25, -0.2) is 0 Å². The minimum atomic E-state index is 0.313. The van der Waals surface area contributed by atoms with Gasteiger partial charge in [0.15, 0.2) is 0 Å². The van der Waals surface area contributed by atoms with E-state index in [0.29, 0.717) is 6.04 Å². The van der Waals surface area contributed by atoms with Gasteiger partial charge in [-0.05, 0) is 26.2 Å². The normalized spacial score (nSPS) is 13.2. The maximum absolute atomic E-state index is 5.69. The molecule has 1 nitrogen and oxygen atoms in total. The van der Waals surface area contributed by atoms with Gasteiger partial charge in [-0.1, -0.05) is 83.3 Å². The summed E-state index contributed by atoms with van der Waals surface area (Å²) in [7, 11) is 0. The van der Waals surface area contributed by atoms with Crippen LogP contribution in [-0.2, 0) is 0 Å². The van der Waals surface area contributed by atoms with E-state index in [-0.39, 0.29) is 0 Å². The monoisotopic (exact) mass is 267 g/mol. The van der Waals surface area contributed by atoms with Crippen molar-refractivity contribution in [3.05, 3.63) is 12.2 Å². The van der Waals surface area contributed by atoms with Gasteiger partial charge in [0.1, 0.15) is 0 Å². The third kappa shape index (κ3) is 17.7. The van der Waals surface area contributed by atoms with Crippen LogP contribution in [-0.4, -0.2) is 6.04 Å². The molecular formula is C18H37N. The molecule has 0 aromatic heterocycles. The molecule has 114 valence electrons. The van der Waals surface area contributed by atoms with Crippen LogP contribution >= 0.6 is 0 Å². The van der Waals surface area contributed by atoms with E-state index in [1.165, 1.54) is 77.0 Å². The van der Waals surface area contributed by atoms with E-state index in [4.69, 9.17) is 5.73 Å². The first-order valence-corrected chi connectivity index (χ1v) is 8.68. The van der Waals surface area contributed by atoms with Gasteiger partial charge in [0.05, 0.1) is 0 Å². The van der Waals surface area contributed by atoms with Crippen molar-refractivity contribution in [1.82, 2.24) is 0 Å². The van der Waals surface area contributed by atoms with Crippen LogP contribution in [0.4, 0.5) is 0 Å². The molecule has 0 radical (unpaired) electrons. The Labute approximate surface area is 122 Å². The zero-order valence-electron chi connectivity index (χ0n) is 13.5. The van der Waals surface area contributed by atoms with Gasteiger partial charge >= 0.3 is 0 Å². The zero-order valence-corrected chi connectivity index (χ0v) is 13.5. The second kappa shape index (κ2) is 15.8. The molecule has 1 unspecified atom stereocenters. The molecule has 0 aliphatic heterocycles. The maximum Gasteiger partial charge on any atom is 0.00449 e. The third-order valence-corrected chi connectivity index (χ3v) is 3.65. The fourth-order valence-electron chi connectivity index (χ4n) is 2.36. The van der Waals surface area contributed by atoms with Gasteiger partial charge in [0.25, 0.3) is 0 Å². The number of nitrogens with two attached hydrogens (primary N) is 1. The van der Waals surface area contributed by atoms with Crippen molar-refractivity contribution >= 4 is 0 Å². The van der Waals surface area contributed by atoms with E-state index < -0.39 is 0 Å². The lowest BCUT2D eigenvalue weighted by Gasteiger charge is -2.02. The van der Waals surface area contributed by atoms with Crippen molar-refractivity contribution < 1.29 is 0 Å². The second-order valence-corrected chi connectivity index (χ2v) is 6.01. The summed E-state index contributed by atoms with van der Waals surface area (Å²) in [5.74, 6) is 0. The molecule has 1 heteroatoms. The molecule has 19 heavy (non-hydrogen) atoms. The van der Waals surface area contributed by atoms with Crippen LogP contribution < -0.4 is 5.73 Å². The molecule has 0 bridgehead atoms. The van der Waals surface area contributed by atoms with Crippen molar-refractivity contribution in [3.8, 4) is 0 Å². The molecule has 0 amide bonds. The summed E-state index contributed by atoms with van der Waals surface area (Å²) in [6.07, 6.45) is 22.5. The molecular weight excluding hydrogens is 230 g/mol. The Balaban J connectivity index is 3.01. The Morgan fingerprint density at radius 3 is 1.68 bits per heavy atom. The van der Waals surface area contributed by atoms with Crippen LogP contribution in [0.2, 0.25) is 0 Å². The molecule has 2 N–H and O–H groups in total. The number of allylic oxidation sites excluding steroid dienone is 1. The summed E-state index contributed by atoms with van der Waals surface area (Å²) in [5, 5.41) is 0. The summed E-state index contributed by atoms with van der Waals surface area (Å²) < 4.78 is 0. The minimum absolute atomic E-state index is 0.313. The molecule has 1 atom stereocenters. The quantitative estimate of drug-likeness (QED) is 0.304. The molecule has 0 saturated carbocycles. The Morgan fingerprint density at radius 2 is 1.21 bits per heavy atom. The summed E-state index contributed by atoms with van der Waals surface area (Å²) in [6, 6.07) is 0.313. The Morgan fingerprint density at radius 1 is 0.737 bits per heavy atom. The molecule has 0 aromatic rings. The van der Waals surface area contributed by atoms with Crippen LogP contribution in [0, 0.1) is 0 Å². The number of rotatable bonds is 14. The van der Waals surface area contributed by atoms with E-state index in [1.54, 1.807) is 0 Å². The predicted molar refractivity (Wildman–Crippen MR) is 88.5 cm³/mol. The highest BCUT2D eigenvalue weighted by Gasteiger charge is 1.92. The van der Waals surface area contributed by atoms with Crippen LogP contribution in [0.5, 0.6) is 0 Å². The molecule has 0 saturated heterocycles. The van der Waals surface area contributed by atoms with Gasteiger partial charge in [-0.2, -0.15) is 0 Å². The first-order chi connectivity index (χ1) is 9.27. The highest BCUT2D eigenvalue weighted by molar-refractivity contribution is 4.83. The van der Waals surface area contributed by atoms with Crippen molar-refractivity contribution in [1.29, 1.82) is 0 Å². The Hall–Kier alpha value is -0.300. The minimum Gasteiger partial charge on any atom is -0.328 e. The van der Waals surface area contributed by atoms with E-state index in [9.17, 15) is 0 Å². The number of unbranched alkanes of at least 4 members (excludes halogenated alkanes) is 11. The van der Waals surface area contributed by atoms with Crippen LogP contribution in [0.1, 0.15) is 97.3 Å². The van der Waals surface area contributed by atoms with Gasteiger partial charge in [0.2, 0.25) is 0 Å². The third-order valence-electron chi connectivity index (χ3n) is 3.65. The predicted octanol–water partition coefficient (Wildman–Crippen LogP) is 5.98. The summed E-state index contributed by atoms with van der Waals surface area (Å²) in [4.78, 5) is 0. The summed E-state index contributed by atoms with van der Waals surface area (Å²) >= 11 is 0. The molecule has 0 heterocycles. The number of hydrogen-bond acceptors (Lipinski definition) is 1. The topological polar surface area (TPSA) is 26.0 Å². The van der Waals surface area contributed by atoms with E-state index >= 15 is 0 Å². The largest absolute Gasteiger partial charge is 0.328 e. The fourth-order valence-corrected chi connectivity index (χ4v) is 2.36. The van der Waals surface area contributed by atoms with Crippen LogP contribution in [0.25, 0.3) is 0 Å². The Bertz CT molecular complexity index is 184. The average molecular weight is 268 g/mol. The molecule has 0 fully saturated rings. The fraction of sp³-hybridized carbons (Fsp3) is 0.889. The van der Waals surface area contributed by atoms with Gasteiger partial charge < -0.3 is 5.73 Å². The highest BCUT2D eigenvalue weighted by Crippen LogP contribution is 2.12. The van der Waals surface area contributed by atoms with Crippen molar-refractivity contribution in [3.63, 3.8) is 0 Å². The smallest absolute Gasteiger partial charge is 0.00449 e. The van der Waals surface area contributed by atoms with Gasteiger partial charge in [-0.15, -0.1) is 0 Å². The molecule has 0 aliphatic carbocycles. The van der Waals surface area contributed by atoms with Crippen LogP contribution in [0.15, 0.2) is 12.2 Å². The standard InChI is InChI=1S/C18H37N/c1-3-4-5-6-7-8-9-10-11-12-13-14-15-16-17-18(2)19/h15-16,18H,3-14,17,19H2,1-2H3/b16-15+.